The lowest BCUT2D eigenvalue weighted by molar-refractivity contribution is -0.213. The van der Waals surface area contributed by atoms with Crippen molar-refractivity contribution >= 4 is 0 Å². The molecule has 6 aromatic carbocycles. The maximum Gasteiger partial charge on any atom is 0.0359 e. The molecule has 2 atom stereocenters. The summed E-state index contributed by atoms with van der Waals surface area (Å²) < 4.78 is 0. The Morgan fingerprint density at radius 1 is 0.367 bits per heavy atom. The number of hydrogen-bond donors (Lipinski definition) is 0. The van der Waals surface area contributed by atoms with Gasteiger partial charge in [0.2, 0.25) is 0 Å². The monoisotopic (exact) mass is 774 g/mol. The zero-order valence-electron chi connectivity index (χ0n) is 34.8. The molecular formula is C60H54. The van der Waals surface area contributed by atoms with E-state index in [9.17, 15) is 0 Å². The number of terminal acetylenes is 2. The van der Waals surface area contributed by atoms with Gasteiger partial charge < -0.3 is 0 Å². The maximum absolute atomic E-state index is 6.86. The molecule has 6 aromatic rings. The highest BCUT2D eigenvalue weighted by Gasteiger charge is 2.71. The Labute approximate surface area is 357 Å². The quantitative estimate of drug-likeness (QED) is 0.142. The van der Waals surface area contributed by atoms with Gasteiger partial charge in [-0.1, -0.05) is 133 Å². The van der Waals surface area contributed by atoms with E-state index in [1.165, 1.54) is 126 Å². The van der Waals surface area contributed by atoms with Crippen LogP contribution in [0.1, 0.15) is 99.3 Å². The van der Waals surface area contributed by atoms with Gasteiger partial charge in [0.1, 0.15) is 0 Å². The molecule has 14 rings (SSSR count). The van der Waals surface area contributed by atoms with Gasteiger partial charge in [-0.2, -0.15) is 0 Å². The first kappa shape index (κ1) is 36.3. The van der Waals surface area contributed by atoms with E-state index in [2.05, 4.69) is 157 Å². The van der Waals surface area contributed by atoms with Gasteiger partial charge in [0.15, 0.2) is 0 Å². The van der Waals surface area contributed by atoms with Crippen LogP contribution < -0.4 is 0 Å². The molecule has 8 fully saturated rings. The van der Waals surface area contributed by atoms with Gasteiger partial charge in [0.25, 0.3) is 0 Å². The van der Waals surface area contributed by atoms with Gasteiger partial charge in [-0.05, 0) is 202 Å². The second-order valence-corrected chi connectivity index (χ2v) is 20.7. The van der Waals surface area contributed by atoms with Crippen molar-refractivity contribution in [3.8, 4) is 69.2 Å². The molecule has 2 unspecified atom stereocenters. The van der Waals surface area contributed by atoms with Crippen molar-refractivity contribution in [1.82, 2.24) is 0 Å². The Kier molecular flexibility index (Phi) is 8.15. The van der Waals surface area contributed by atoms with E-state index in [-0.39, 0.29) is 16.2 Å². The molecule has 0 radical (unpaired) electrons. The Bertz CT molecular complexity index is 2510. The Morgan fingerprint density at radius 2 is 0.733 bits per heavy atom. The number of hydrogen-bond acceptors (Lipinski definition) is 0. The molecule has 0 heteroatoms. The van der Waals surface area contributed by atoms with Gasteiger partial charge >= 0.3 is 0 Å². The Morgan fingerprint density at radius 3 is 1.12 bits per heavy atom. The van der Waals surface area contributed by atoms with Crippen LogP contribution in [0.3, 0.4) is 0 Å². The van der Waals surface area contributed by atoms with Gasteiger partial charge in [-0.3, -0.25) is 0 Å². The first-order chi connectivity index (χ1) is 29.4. The van der Waals surface area contributed by atoms with Gasteiger partial charge in [-0.15, -0.1) is 12.8 Å². The summed E-state index contributed by atoms with van der Waals surface area (Å²) in [7, 11) is 0. The minimum Gasteiger partial charge on any atom is -0.115 e. The molecule has 0 aliphatic heterocycles. The highest BCUT2D eigenvalue weighted by Crippen LogP contribution is 2.80. The molecule has 0 amide bonds. The van der Waals surface area contributed by atoms with Crippen LogP contribution in [-0.2, 0) is 10.8 Å². The van der Waals surface area contributed by atoms with Crippen molar-refractivity contribution in [2.75, 3.05) is 0 Å². The molecule has 8 aliphatic rings. The Hall–Kier alpha value is -5.56. The third kappa shape index (κ3) is 5.46. The van der Waals surface area contributed by atoms with Crippen LogP contribution >= 0.6 is 0 Å². The molecule has 8 bridgehead atoms. The lowest BCUT2D eigenvalue weighted by atomic mass is 9.29. The van der Waals surface area contributed by atoms with Crippen LogP contribution in [-0.4, -0.2) is 0 Å². The highest BCUT2D eigenvalue weighted by molar-refractivity contribution is 5.82. The number of rotatable bonds is 7. The third-order valence-corrected chi connectivity index (χ3v) is 17.3. The minimum absolute atomic E-state index is 0.0691. The van der Waals surface area contributed by atoms with Crippen LogP contribution in [0.25, 0.3) is 44.5 Å². The first-order valence-electron chi connectivity index (χ1n) is 22.9. The van der Waals surface area contributed by atoms with Crippen LogP contribution in [0.4, 0.5) is 0 Å². The van der Waals surface area contributed by atoms with Gasteiger partial charge in [0, 0.05) is 11.1 Å². The SMILES string of the molecule is C#Cc1c(-c2ccccc2)cc(-c2ccccc2)cc1C12CC3CC(c4cc(-c5ccccc5)cc(-c5ccccc5)c4C#C)(C1)CC(C14CC5CC(CC(C5)C1)C4)(C3)C2. The summed E-state index contributed by atoms with van der Waals surface area (Å²) in [5, 5.41) is 0. The normalized spacial score (nSPS) is 31.8. The molecule has 8 saturated carbocycles. The van der Waals surface area contributed by atoms with Gasteiger partial charge in [0.05, 0.1) is 0 Å². The zero-order valence-corrected chi connectivity index (χ0v) is 34.8. The van der Waals surface area contributed by atoms with Crippen molar-refractivity contribution in [3.63, 3.8) is 0 Å². The fourth-order valence-corrected chi connectivity index (χ4v) is 16.1. The molecule has 8 aliphatic carbocycles. The average molecular weight is 775 g/mol. The van der Waals surface area contributed by atoms with Crippen molar-refractivity contribution in [2.24, 2.45) is 34.5 Å². The zero-order chi connectivity index (χ0) is 40.1. The lowest BCUT2D eigenvalue weighted by Crippen LogP contribution is -2.67. The van der Waals surface area contributed by atoms with Crippen LogP contribution in [0.15, 0.2) is 146 Å². The van der Waals surface area contributed by atoms with Crippen molar-refractivity contribution < 1.29 is 0 Å². The predicted octanol–water partition coefficient (Wildman–Crippen LogP) is 14.7. The fourth-order valence-electron chi connectivity index (χ4n) is 16.1. The van der Waals surface area contributed by atoms with Crippen molar-refractivity contribution in [3.05, 3.63) is 168 Å². The van der Waals surface area contributed by atoms with Crippen LogP contribution in [0.5, 0.6) is 0 Å². The second-order valence-electron chi connectivity index (χ2n) is 20.7. The van der Waals surface area contributed by atoms with Crippen LogP contribution in [0.2, 0.25) is 0 Å². The minimum atomic E-state index is -0.0691. The summed E-state index contributed by atoms with van der Waals surface area (Å²) in [6, 6.07) is 53.9. The molecule has 60 heavy (non-hydrogen) atoms. The largest absolute Gasteiger partial charge is 0.115 e. The molecule has 0 saturated heterocycles. The van der Waals surface area contributed by atoms with E-state index >= 15 is 0 Å². The van der Waals surface area contributed by atoms with E-state index in [1.54, 1.807) is 0 Å². The lowest BCUT2D eigenvalue weighted by Gasteiger charge is -2.75. The van der Waals surface area contributed by atoms with E-state index in [4.69, 9.17) is 12.8 Å². The van der Waals surface area contributed by atoms with E-state index in [0.29, 0.717) is 11.3 Å². The standard InChI is InChI=1S/C60H54/c1-3-51-53(47-21-13-7-14-22-47)28-49(45-17-9-5-10-18-45)30-55(51)57-32-44-33-58(38-57,40-60(37-44,39-57)59-34-41-25-42(35-59)27-43(26-41)36-59)56-31-50(46-19-11-6-12-20-46)29-54(52(56)4-2)48-23-15-8-16-24-48/h1-2,5-24,28-31,41-44H,25-27,32-40H2. The smallest absolute Gasteiger partial charge is 0.0359 e. The summed E-state index contributed by atoms with van der Waals surface area (Å²) in [4.78, 5) is 0. The van der Waals surface area contributed by atoms with Crippen molar-refractivity contribution in [1.29, 1.82) is 0 Å². The van der Waals surface area contributed by atoms with Crippen LogP contribution in [0, 0.1) is 59.2 Å². The molecule has 0 nitrogen and oxygen atoms in total. The average Bonchev–Trinajstić information content (AvgIpc) is 3.28. The molecular weight excluding hydrogens is 721 g/mol. The molecule has 0 N–H and O–H groups in total. The fraction of sp³-hybridized carbons (Fsp3) is 0.333. The predicted molar refractivity (Wildman–Crippen MR) is 248 cm³/mol. The topological polar surface area (TPSA) is 0 Å². The van der Waals surface area contributed by atoms with Crippen molar-refractivity contribution in [2.45, 2.75) is 87.9 Å². The molecule has 294 valence electrons. The first-order valence-corrected chi connectivity index (χ1v) is 22.9. The van der Waals surface area contributed by atoms with E-state index < -0.39 is 0 Å². The third-order valence-electron chi connectivity index (χ3n) is 17.3. The molecule has 0 spiro atoms. The summed E-state index contributed by atoms with van der Waals surface area (Å²) in [5.41, 5.74) is 15.4. The summed E-state index contributed by atoms with van der Waals surface area (Å²) in [5.74, 6) is 10.2. The summed E-state index contributed by atoms with van der Waals surface area (Å²) >= 11 is 0. The summed E-state index contributed by atoms with van der Waals surface area (Å²) in [6.07, 6.45) is 29.8. The molecule has 0 aromatic heterocycles. The van der Waals surface area contributed by atoms with E-state index in [0.717, 1.165) is 35.3 Å². The van der Waals surface area contributed by atoms with E-state index in [1.807, 2.05) is 0 Å². The Balaban J connectivity index is 1.14. The second kappa shape index (κ2) is 13.5. The number of benzene rings is 6. The molecule has 0 heterocycles. The van der Waals surface area contributed by atoms with Gasteiger partial charge in [-0.25, -0.2) is 0 Å². The highest BCUT2D eigenvalue weighted by atomic mass is 14.8. The summed E-state index contributed by atoms with van der Waals surface area (Å²) in [6.45, 7) is 0. The maximum atomic E-state index is 6.86.